The lowest BCUT2D eigenvalue weighted by Gasteiger charge is -2.25. The van der Waals surface area contributed by atoms with E-state index in [-0.39, 0.29) is 5.78 Å². The number of pyridine rings is 1. The first kappa shape index (κ1) is 12.1. The Morgan fingerprint density at radius 2 is 1.74 bits per heavy atom. The zero-order valence-corrected chi connectivity index (χ0v) is 10.9. The Hall–Kier alpha value is -1.96. The van der Waals surface area contributed by atoms with Gasteiger partial charge in [-0.3, -0.25) is 9.78 Å². The summed E-state index contributed by atoms with van der Waals surface area (Å²) in [6.45, 7) is 0. The van der Waals surface area contributed by atoms with E-state index in [1.165, 1.54) is 24.8 Å². The number of aromatic nitrogens is 1. The number of nitrogens with zero attached hydrogens (tertiary/aromatic N) is 1. The van der Waals surface area contributed by atoms with Crippen LogP contribution in [0.15, 0.2) is 48.8 Å². The maximum absolute atomic E-state index is 12.2. The number of ketones is 1. The van der Waals surface area contributed by atoms with Gasteiger partial charge < -0.3 is 0 Å². The van der Waals surface area contributed by atoms with Crippen LogP contribution in [0.2, 0.25) is 0 Å². The molecule has 0 unspecified atom stereocenters. The lowest BCUT2D eigenvalue weighted by Crippen LogP contribution is -2.09. The average molecular weight is 251 g/mol. The predicted molar refractivity (Wildman–Crippen MR) is 75.3 cm³/mol. The summed E-state index contributed by atoms with van der Waals surface area (Å²) in [5.41, 5.74) is 3.20. The van der Waals surface area contributed by atoms with Gasteiger partial charge in [0.05, 0.1) is 0 Å². The van der Waals surface area contributed by atoms with Crippen LogP contribution >= 0.6 is 0 Å². The third kappa shape index (κ3) is 2.73. The quantitative estimate of drug-likeness (QED) is 0.774. The van der Waals surface area contributed by atoms with Crippen LogP contribution in [0.4, 0.5) is 0 Å². The molecular formula is C17H17NO. The predicted octanol–water partition coefficient (Wildman–Crippen LogP) is 3.77. The van der Waals surface area contributed by atoms with Crippen molar-refractivity contribution in [2.24, 2.45) is 0 Å². The van der Waals surface area contributed by atoms with Crippen molar-refractivity contribution < 1.29 is 4.79 Å². The maximum atomic E-state index is 12.2. The molecule has 1 aliphatic rings. The van der Waals surface area contributed by atoms with Gasteiger partial charge in [0.25, 0.3) is 0 Å². The highest BCUT2D eigenvalue weighted by Gasteiger charge is 2.19. The van der Waals surface area contributed by atoms with Gasteiger partial charge in [-0.1, -0.05) is 30.7 Å². The van der Waals surface area contributed by atoms with E-state index >= 15 is 0 Å². The van der Waals surface area contributed by atoms with Crippen LogP contribution in [0.1, 0.15) is 46.7 Å². The van der Waals surface area contributed by atoms with Gasteiger partial charge >= 0.3 is 0 Å². The molecule has 0 bridgehead atoms. The van der Waals surface area contributed by atoms with Crippen LogP contribution in [-0.4, -0.2) is 10.8 Å². The largest absolute Gasteiger partial charge is 0.294 e. The molecule has 2 heteroatoms. The number of carbonyl (C=O) groups is 1. The monoisotopic (exact) mass is 251 g/mol. The van der Waals surface area contributed by atoms with E-state index in [2.05, 4.69) is 17.1 Å². The zero-order valence-electron chi connectivity index (χ0n) is 10.9. The van der Waals surface area contributed by atoms with E-state index in [9.17, 15) is 4.79 Å². The molecule has 2 aromatic rings. The van der Waals surface area contributed by atoms with Crippen LogP contribution in [-0.2, 0) is 6.42 Å². The van der Waals surface area contributed by atoms with Crippen LogP contribution in [0.3, 0.4) is 0 Å². The molecule has 1 saturated carbocycles. The minimum absolute atomic E-state index is 0.173. The number of carbonyl (C=O) groups excluding carboxylic acids is 1. The highest BCUT2D eigenvalue weighted by molar-refractivity contribution is 5.97. The van der Waals surface area contributed by atoms with Crippen molar-refractivity contribution in [1.29, 1.82) is 0 Å². The maximum Gasteiger partial charge on any atom is 0.167 e. The average Bonchev–Trinajstić information content (AvgIpc) is 2.39. The Labute approximate surface area is 113 Å². The molecule has 0 saturated heterocycles. The highest BCUT2D eigenvalue weighted by Crippen LogP contribution is 2.36. The van der Waals surface area contributed by atoms with Gasteiger partial charge in [0.2, 0.25) is 0 Å². The molecular weight excluding hydrogens is 234 g/mol. The minimum atomic E-state index is 0.173. The molecule has 0 amide bonds. The molecule has 1 aromatic carbocycles. The van der Waals surface area contributed by atoms with Gasteiger partial charge in [-0.15, -0.1) is 0 Å². The first-order valence-electron chi connectivity index (χ1n) is 6.85. The van der Waals surface area contributed by atoms with Gasteiger partial charge in [-0.05, 0) is 42.0 Å². The molecule has 96 valence electrons. The Balaban J connectivity index is 1.69. The van der Waals surface area contributed by atoms with Crippen molar-refractivity contribution in [2.45, 2.75) is 31.6 Å². The molecule has 19 heavy (non-hydrogen) atoms. The summed E-state index contributed by atoms with van der Waals surface area (Å²) in [7, 11) is 0. The first-order valence-corrected chi connectivity index (χ1v) is 6.85. The summed E-state index contributed by atoms with van der Waals surface area (Å²) in [5.74, 6) is 0.899. The Morgan fingerprint density at radius 1 is 1.05 bits per heavy atom. The van der Waals surface area contributed by atoms with E-state index < -0.39 is 0 Å². The molecule has 0 radical (unpaired) electrons. The third-order valence-corrected chi connectivity index (χ3v) is 3.92. The molecule has 0 N–H and O–H groups in total. The topological polar surface area (TPSA) is 30.0 Å². The van der Waals surface area contributed by atoms with Crippen molar-refractivity contribution in [3.8, 4) is 0 Å². The second-order valence-corrected chi connectivity index (χ2v) is 5.21. The molecule has 1 fully saturated rings. The summed E-state index contributed by atoms with van der Waals surface area (Å²) in [6.07, 6.45) is 7.83. The number of Topliss-reactive ketones (excluding diaryl/α,β-unsaturated/α-hetero) is 1. The zero-order chi connectivity index (χ0) is 13.1. The van der Waals surface area contributed by atoms with Crippen molar-refractivity contribution in [3.05, 3.63) is 65.5 Å². The van der Waals surface area contributed by atoms with E-state index in [0.29, 0.717) is 6.42 Å². The van der Waals surface area contributed by atoms with Crippen LogP contribution in [0.5, 0.6) is 0 Å². The van der Waals surface area contributed by atoms with Gasteiger partial charge in [0, 0.05) is 24.4 Å². The second-order valence-electron chi connectivity index (χ2n) is 5.21. The molecule has 1 aromatic heterocycles. The number of benzene rings is 1. The van der Waals surface area contributed by atoms with Gasteiger partial charge in [-0.25, -0.2) is 0 Å². The summed E-state index contributed by atoms with van der Waals surface area (Å²) in [6, 6.07) is 11.9. The Kier molecular flexibility index (Phi) is 3.41. The lowest BCUT2D eigenvalue weighted by molar-refractivity contribution is 0.0993. The Bertz CT molecular complexity index is 556. The fraction of sp³-hybridized carbons (Fsp3) is 0.294. The highest BCUT2D eigenvalue weighted by atomic mass is 16.1. The van der Waals surface area contributed by atoms with E-state index in [1.54, 1.807) is 12.4 Å². The molecule has 0 aliphatic heterocycles. The fourth-order valence-electron chi connectivity index (χ4n) is 2.47. The lowest BCUT2D eigenvalue weighted by atomic mass is 9.80. The van der Waals surface area contributed by atoms with Gasteiger partial charge in [-0.2, -0.15) is 0 Å². The molecule has 2 nitrogen and oxygen atoms in total. The minimum Gasteiger partial charge on any atom is -0.294 e. The normalized spacial score (nSPS) is 14.9. The summed E-state index contributed by atoms with van der Waals surface area (Å²) < 4.78 is 0. The number of hydrogen-bond donors (Lipinski definition) is 0. The van der Waals surface area contributed by atoms with Crippen LogP contribution in [0, 0.1) is 0 Å². The van der Waals surface area contributed by atoms with Gasteiger partial charge in [0.15, 0.2) is 5.78 Å². The molecule has 0 atom stereocenters. The van der Waals surface area contributed by atoms with Crippen molar-refractivity contribution in [3.63, 3.8) is 0 Å². The van der Waals surface area contributed by atoms with Crippen LogP contribution < -0.4 is 0 Å². The molecule has 3 rings (SSSR count). The SMILES string of the molecule is O=C(Cc1ccncc1)c1ccc(C2CCC2)cc1. The summed E-state index contributed by atoms with van der Waals surface area (Å²) in [4.78, 5) is 16.1. The number of hydrogen-bond acceptors (Lipinski definition) is 2. The molecule has 1 aliphatic carbocycles. The van der Waals surface area contributed by atoms with E-state index in [4.69, 9.17) is 0 Å². The smallest absolute Gasteiger partial charge is 0.167 e. The van der Waals surface area contributed by atoms with Gasteiger partial charge in [0.1, 0.15) is 0 Å². The summed E-state index contributed by atoms with van der Waals surface area (Å²) >= 11 is 0. The molecule has 1 heterocycles. The van der Waals surface area contributed by atoms with Crippen LogP contribution in [0.25, 0.3) is 0 Å². The van der Waals surface area contributed by atoms with Crippen molar-refractivity contribution in [1.82, 2.24) is 4.98 Å². The fourth-order valence-corrected chi connectivity index (χ4v) is 2.47. The standard InChI is InChI=1S/C17H17NO/c19-17(12-13-8-10-18-11-9-13)16-6-4-15(5-7-16)14-2-1-3-14/h4-11,14H,1-3,12H2. The van der Waals surface area contributed by atoms with E-state index in [1.807, 2.05) is 24.3 Å². The van der Waals surface area contributed by atoms with Crippen molar-refractivity contribution >= 4 is 5.78 Å². The second kappa shape index (κ2) is 5.35. The van der Waals surface area contributed by atoms with Crippen molar-refractivity contribution in [2.75, 3.05) is 0 Å². The summed E-state index contributed by atoms with van der Waals surface area (Å²) in [5, 5.41) is 0. The number of rotatable bonds is 4. The first-order chi connectivity index (χ1) is 9.33. The Morgan fingerprint density at radius 3 is 2.32 bits per heavy atom. The third-order valence-electron chi connectivity index (χ3n) is 3.92. The molecule has 0 spiro atoms. The van der Waals surface area contributed by atoms with E-state index in [0.717, 1.165) is 17.0 Å².